The molecule has 1 saturated heterocycles. The van der Waals surface area contributed by atoms with Crippen LogP contribution in [-0.2, 0) is 6.54 Å². The van der Waals surface area contributed by atoms with Crippen LogP contribution in [0.25, 0.3) is 5.65 Å². The molecule has 1 saturated carbocycles. The lowest BCUT2D eigenvalue weighted by Crippen LogP contribution is -2.45. The lowest BCUT2D eigenvalue weighted by molar-refractivity contribution is 0.0937. The second-order valence-corrected chi connectivity index (χ2v) is 8.78. The average Bonchev–Trinajstić information content (AvgIpc) is 3.07. The molecule has 28 heavy (non-hydrogen) atoms. The number of fused-ring (bicyclic) bond motifs is 1. The second kappa shape index (κ2) is 7.79. The number of anilines is 1. The number of nitrogens with one attached hydrogen (secondary N) is 1. The third-order valence-corrected chi connectivity index (χ3v) is 6.67. The first-order valence-corrected chi connectivity index (χ1v) is 11.0. The Hall–Kier alpha value is -1.99. The molecule has 146 valence electrons. The fraction of sp³-hybridized carbons (Fsp3) is 0.476. The Morgan fingerprint density at radius 2 is 2.11 bits per heavy atom. The molecule has 1 N–H and O–H groups in total. The van der Waals surface area contributed by atoms with Crippen molar-refractivity contribution in [1.82, 2.24) is 24.5 Å². The van der Waals surface area contributed by atoms with E-state index in [-0.39, 0.29) is 0 Å². The normalized spacial score (nSPS) is 21.0. The summed E-state index contributed by atoms with van der Waals surface area (Å²) >= 11 is 3.62. The summed E-state index contributed by atoms with van der Waals surface area (Å²) in [6.07, 6.45) is 12.1. The number of hydrogen-bond donors (Lipinski definition) is 1. The first-order chi connectivity index (χ1) is 13.8. The van der Waals surface area contributed by atoms with E-state index in [2.05, 4.69) is 48.4 Å². The molecule has 3 aromatic rings. The number of nitrogens with zero attached hydrogens (tertiary/aromatic N) is 5. The molecule has 1 unspecified atom stereocenters. The van der Waals surface area contributed by atoms with Crippen molar-refractivity contribution in [3.63, 3.8) is 0 Å². The van der Waals surface area contributed by atoms with Crippen molar-refractivity contribution in [2.24, 2.45) is 0 Å². The topological polar surface area (TPSA) is 58.4 Å². The van der Waals surface area contributed by atoms with Crippen LogP contribution in [0.3, 0.4) is 0 Å². The number of rotatable bonds is 5. The van der Waals surface area contributed by atoms with Crippen molar-refractivity contribution < 1.29 is 0 Å². The molecular formula is C21H25BrN6. The zero-order valence-electron chi connectivity index (χ0n) is 15.9. The van der Waals surface area contributed by atoms with Crippen LogP contribution in [0.2, 0.25) is 0 Å². The first kappa shape index (κ1) is 18.1. The molecule has 1 atom stereocenters. The molecule has 0 amide bonds. The summed E-state index contributed by atoms with van der Waals surface area (Å²) in [5.41, 5.74) is 3.20. The molecule has 0 aromatic carbocycles. The first-order valence-electron chi connectivity index (χ1n) is 10.2. The minimum atomic E-state index is 0.486. The highest BCUT2D eigenvalue weighted by Crippen LogP contribution is 2.34. The van der Waals surface area contributed by atoms with Gasteiger partial charge in [0.2, 0.25) is 0 Å². The smallest absolute Gasteiger partial charge is 0.171 e. The van der Waals surface area contributed by atoms with Crippen molar-refractivity contribution in [2.45, 2.75) is 50.6 Å². The molecule has 2 fully saturated rings. The summed E-state index contributed by atoms with van der Waals surface area (Å²) < 4.78 is 2.82. The molecular weight excluding hydrogens is 416 g/mol. The molecule has 4 heterocycles. The monoisotopic (exact) mass is 440 g/mol. The predicted molar refractivity (Wildman–Crippen MR) is 113 cm³/mol. The van der Waals surface area contributed by atoms with Gasteiger partial charge in [-0.05, 0) is 59.8 Å². The van der Waals surface area contributed by atoms with Gasteiger partial charge in [0.15, 0.2) is 5.65 Å². The Kier molecular flexibility index (Phi) is 5.03. The van der Waals surface area contributed by atoms with Crippen molar-refractivity contribution in [3.8, 4) is 0 Å². The SMILES string of the molecule is Brc1cnn2c(NCc3cccnc3)cc(C3CCCN(C4CCC4)C3)nc12. The molecule has 0 bridgehead atoms. The summed E-state index contributed by atoms with van der Waals surface area (Å²) in [5.74, 6) is 1.47. The maximum atomic E-state index is 4.99. The van der Waals surface area contributed by atoms with Gasteiger partial charge in [0.25, 0.3) is 0 Å². The van der Waals surface area contributed by atoms with Gasteiger partial charge in [0.05, 0.1) is 16.4 Å². The van der Waals surface area contributed by atoms with Gasteiger partial charge in [0, 0.05) is 43.5 Å². The van der Waals surface area contributed by atoms with Gasteiger partial charge in [0.1, 0.15) is 5.82 Å². The van der Waals surface area contributed by atoms with Crippen LogP contribution in [0.4, 0.5) is 5.82 Å². The summed E-state index contributed by atoms with van der Waals surface area (Å²) in [5, 5.41) is 8.04. The lowest BCUT2D eigenvalue weighted by Gasteiger charge is -2.42. The van der Waals surface area contributed by atoms with Crippen molar-refractivity contribution in [3.05, 3.63) is 52.5 Å². The largest absolute Gasteiger partial charge is 0.366 e. The van der Waals surface area contributed by atoms with Gasteiger partial charge in [-0.1, -0.05) is 12.5 Å². The fourth-order valence-corrected chi connectivity index (χ4v) is 4.66. The minimum Gasteiger partial charge on any atom is -0.366 e. The van der Waals surface area contributed by atoms with Gasteiger partial charge >= 0.3 is 0 Å². The van der Waals surface area contributed by atoms with E-state index in [9.17, 15) is 0 Å². The van der Waals surface area contributed by atoms with Crippen LogP contribution in [0, 0.1) is 0 Å². The summed E-state index contributed by atoms with van der Waals surface area (Å²) in [4.78, 5) is 11.9. The second-order valence-electron chi connectivity index (χ2n) is 7.93. The Morgan fingerprint density at radius 1 is 1.18 bits per heavy atom. The zero-order chi connectivity index (χ0) is 18.9. The van der Waals surface area contributed by atoms with Gasteiger partial charge < -0.3 is 5.32 Å². The molecule has 3 aromatic heterocycles. The van der Waals surface area contributed by atoms with Gasteiger partial charge in [-0.3, -0.25) is 9.88 Å². The van der Waals surface area contributed by atoms with Crippen molar-refractivity contribution in [2.75, 3.05) is 18.4 Å². The quantitative estimate of drug-likeness (QED) is 0.642. The predicted octanol–water partition coefficient (Wildman–Crippen LogP) is 4.23. The average molecular weight is 441 g/mol. The van der Waals surface area contributed by atoms with Crippen LogP contribution in [0.1, 0.15) is 49.3 Å². The van der Waals surface area contributed by atoms with Gasteiger partial charge in [-0.2, -0.15) is 9.61 Å². The van der Waals surface area contributed by atoms with Crippen LogP contribution in [0.15, 0.2) is 41.3 Å². The number of piperidine rings is 1. The highest BCUT2D eigenvalue weighted by atomic mass is 79.9. The summed E-state index contributed by atoms with van der Waals surface area (Å²) in [7, 11) is 0. The maximum absolute atomic E-state index is 4.99. The molecule has 1 aliphatic carbocycles. The Bertz CT molecular complexity index is 952. The van der Waals surface area contributed by atoms with Crippen LogP contribution in [-0.4, -0.2) is 43.6 Å². The molecule has 0 radical (unpaired) electrons. The van der Waals surface area contributed by atoms with Gasteiger partial charge in [-0.15, -0.1) is 0 Å². The summed E-state index contributed by atoms with van der Waals surface area (Å²) in [6, 6.07) is 7.04. The Morgan fingerprint density at radius 3 is 2.89 bits per heavy atom. The van der Waals surface area contributed by atoms with E-state index >= 15 is 0 Å². The van der Waals surface area contributed by atoms with Gasteiger partial charge in [-0.25, -0.2) is 4.98 Å². The lowest BCUT2D eigenvalue weighted by atomic mass is 9.87. The number of aromatic nitrogens is 4. The molecule has 0 spiro atoms. The minimum absolute atomic E-state index is 0.486. The van der Waals surface area contributed by atoms with Crippen molar-refractivity contribution in [1.29, 1.82) is 0 Å². The van der Waals surface area contributed by atoms with E-state index in [1.54, 1.807) is 6.20 Å². The van der Waals surface area contributed by atoms with Crippen LogP contribution >= 0.6 is 15.9 Å². The summed E-state index contributed by atoms with van der Waals surface area (Å²) in [6.45, 7) is 3.08. The fourth-order valence-electron chi connectivity index (χ4n) is 4.32. The molecule has 1 aliphatic heterocycles. The van der Waals surface area contributed by atoms with E-state index in [0.29, 0.717) is 12.5 Å². The van der Waals surface area contributed by atoms with E-state index in [0.717, 1.165) is 34.1 Å². The third-order valence-electron chi connectivity index (χ3n) is 6.11. The van der Waals surface area contributed by atoms with E-state index in [1.807, 2.05) is 23.0 Å². The van der Waals surface area contributed by atoms with Crippen molar-refractivity contribution >= 4 is 27.4 Å². The van der Waals surface area contributed by atoms with E-state index in [1.165, 1.54) is 44.3 Å². The van der Waals surface area contributed by atoms with Crippen LogP contribution in [0.5, 0.6) is 0 Å². The molecule has 6 nitrogen and oxygen atoms in total. The Labute approximate surface area is 173 Å². The van der Waals surface area contributed by atoms with E-state index < -0.39 is 0 Å². The molecule has 2 aliphatic rings. The van der Waals surface area contributed by atoms with E-state index in [4.69, 9.17) is 4.98 Å². The molecule has 5 rings (SSSR count). The number of hydrogen-bond acceptors (Lipinski definition) is 5. The maximum Gasteiger partial charge on any atom is 0.171 e. The number of pyridine rings is 1. The number of likely N-dealkylation sites (tertiary alicyclic amines) is 1. The number of halogens is 1. The highest BCUT2D eigenvalue weighted by molar-refractivity contribution is 9.10. The van der Waals surface area contributed by atoms with Crippen LogP contribution < -0.4 is 5.32 Å². The highest BCUT2D eigenvalue weighted by Gasteiger charge is 2.31. The zero-order valence-corrected chi connectivity index (χ0v) is 17.5. The standard InChI is InChI=1S/C21H25BrN6/c22-18-13-25-28-20(24-12-15-4-2-8-23-11-15)10-19(26-21(18)28)16-5-3-9-27(14-16)17-6-1-7-17/h2,4,8,10-11,13,16-17,24H,1,3,5-7,9,12,14H2. The molecule has 7 heteroatoms. The Balaban J connectivity index is 1.43. The third kappa shape index (κ3) is 3.53.